The Kier molecular flexibility index (Phi) is 2.77. The largest absolute Gasteiger partial charge is 0.399 e. The van der Waals surface area contributed by atoms with Gasteiger partial charge in [0.15, 0.2) is 0 Å². The van der Waals surface area contributed by atoms with Gasteiger partial charge in [-0.2, -0.15) is 0 Å². The maximum absolute atomic E-state index is 5.86. The first-order valence-corrected chi connectivity index (χ1v) is 7.34. The number of rotatable bonds is 3. The van der Waals surface area contributed by atoms with E-state index in [0.717, 1.165) is 41.4 Å². The van der Waals surface area contributed by atoms with Gasteiger partial charge >= 0.3 is 0 Å². The topological polar surface area (TPSA) is 60.2 Å². The maximum Gasteiger partial charge on any atom is 0.126 e. The van der Waals surface area contributed by atoms with Crippen LogP contribution in [-0.2, 0) is 4.74 Å². The Morgan fingerprint density at radius 1 is 1.15 bits per heavy atom. The Labute approximate surface area is 118 Å². The minimum atomic E-state index is 0.374. The van der Waals surface area contributed by atoms with Crippen molar-refractivity contribution in [1.82, 2.24) is 4.98 Å². The second-order valence-electron chi connectivity index (χ2n) is 5.86. The normalized spacial score (nSPS) is 26.0. The first-order chi connectivity index (χ1) is 9.79. The zero-order valence-electron chi connectivity index (χ0n) is 11.4. The van der Waals surface area contributed by atoms with E-state index in [2.05, 4.69) is 16.4 Å². The van der Waals surface area contributed by atoms with Crippen LogP contribution in [0.3, 0.4) is 0 Å². The molecule has 1 aliphatic carbocycles. The van der Waals surface area contributed by atoms with Crippen LogP contribution in [0.5, 0.6) is 0 Å². The summed E-state index contributed by atoms with van der Waals surface area (Å²) >= 11 is 0. The molecule has 1 aromatic heterocycles. The molecule has 1 aromatic carbocycles. The molecule has 0 radical (unpaired) electrons. The molecule has 0 spiro atoms. The highest BCUT2D eigenvalue weighted by atomic mass is 16.5. The number of anilines is 2. The van der Waals surface area contributed by atoms with Crippen LogP contribution in [0.15, 0.2) is 30.3 Å². The Balaban J connectivity index is 1.57. The van der Waals surface area contributed by atoms with E-state index >= 15 is 0 Å². The summed E-state index contributed by atoms with van der Waals surface area (Å²) < 4.78 is 5.86. The summed E-state index contributed by atoms with van der Waals surface area (Å²) in [5.41, 5.74) is 7.55. The highest BCUT2D eigenvalue weighted by molar-refractivity contribution is 5.83. The first-order valence-electron chi connectivity index (χ1n) is 7.34. The van der Waals surface area contributed by atoms with Crippen LogP contribution in [0.2, 0.25) is 0 Å². The van der Waals surface area contributed by atoms with Crippen molar-refractivity contribution >= 4 is 22.4 Å². The van der Waals surface area contributed by atoms with Gasteiger partial charge in [0.2, 0.25) is 0 Å². The predicted molar refractivity (Wildman–Crippen MR) is 80.6 cm³/mol. The number of pyridine rings is 1. The van der Waals surface area contributed by atoms with E-state index in [1.165, 1.54) is 12.8 Å². The minimum Gasteiger partial charge on any atom is -0.399 e. The molecule has 2 aliphatic rings. The number of nitrogens with one attached hydrogen (secondary N) is 1. The van der Waals surface area contributed by atoms with Crippen LogP contribution in [0.1, 0.15) is 19.3 Å². The van der Waals surface area contributed by atoms with Crippen molar-refractivity contribution in [1.29, 1.82) is 0 Å². The van der Waals surface area contributed by atoms with E-state index in [4.69, 9.17) is 10.5 Å². The van der Waals surface area contributed by atoms with Crippen molar-refractivity contribution in [2.24, 2.45) is 5.92 Å². The summed E-state index contributed by atoms with van der Waals surface area (Å²) in [6, 6.07) is 10.3. The van der Waals surface area contributed by atoms with E-state index in [0.29, 0.717) is 12.1 Å². The summed E-state index contributed by atoms with van der Waals surface area (Å²) in [5.74, 6) is 1.69. The fraction of sp³-hybridized carbons (Fsp3) is 0.438. The van der Waals surface area contributed by atoms with E-state index in [1.807, 2.05) is 24.3 Å². The quantitative estimate of drug-likeness (QED) is 0.841. The van der Waals surface area contributed by atoms with Gasteiger partial charge in [-0.25, -0.2) is 4.98 Å². The number of benzene rings is 1. The zero-order chi connectivity index (χ0) is 13.5. The molecular formula is C16H19N3O. The summed E-state index contributed by atoms with van der Waals surface area (Å²) in [4.78, 5) is 4.67. The van der Waals surface area contributed by atoms with Gasteiger partial charge in [-0.15, -0.1) is 0 Å². The lowest BCUT2D eigenvalue weighted by Crippen LogP contribution is -2.31. The molecule has 0 amide bonds. The average Bonchev–Trinajstić information content (AvgIpc) is 3.20. The molecule has 104 valence electrons. The highest BCUT2D eigenvalue weighted by Gasteiger charge is 2.40. The molecule has 0 bridgehead atoms. The Morgan fingerprint density at radius 2 is 2.05 bits per heavy atom. The van der Waals surface area contributed by atoms with Crippen LogP contribution in [0.25, 0.3) is 10.9 Å². The number of hydrogen-bond donors (Lipinski definition) is 2. The molecule has 2 unspecified atom stereocenters. The number of fused-ring (bicyclic) bond motifs is 1. The Hall–Kier alpha value is -1.81. The molecule has 4 nitrogen and oxygen atoms in total. The molecule has 2 heterocycles. The van der Waals surface area contributed by atoms with Crippen LogP contribution in [0.4, 0.5) is 11.5 Å². The minimum absolute atomic E-state index is 0.374. The van der Waals surface area contributed by atoms with Gasteiger partial charge in [-0.1, -0.05) is 0 Å². The molecule has 2 fully saturated rings. The second kappa shape index (κ2) is 4.63. The van der Waals surface area contributed by atoms with Gasteiger partial charge in [0.05, 0.1) is 17.7 Å². The van der Waals surface area contributed by atoms with Gasteiger partial charge in [-0.05, 0) is 55.5 Å². The number of nitrogens with two attached hydrogens (primary N) is 1. The molecular weight excluding hydrogens is 250 g/mol. The van der Waals surface area contributed by atoms with E-state index in [1.54, 1.807) is 0 Å². The third kappa shape index (κ3) is 2.20. The summed E-state index contributed by atoms with van der Waals surface area (Å²) in [6.07, 6.45) is 4.07. The van der Waals surface area contributed by atoms with E-state index < -0.39 is 0 Å². The molecule has 2 atom stereocenters. The fourth-order valence-corrected chi connectivity index (χ4v) is 3.07. The smallest absolute Gasteiger partial charge is 0.126 e. The lowest BCUT2D eigenvalue weighted by atomic mass is 10.1. The standard InChI is InChI=1S/C16H19N3O/c17-12-4-5-13-11(9-12)3-6-15(18-13)19-14-7-8-20-16(14)10-1-2-10/h3-6,9-10,14,16H,1-2,7-8,17H2,(H,18,19). The van der Waals surface area contributed by atoms with Gasteiger partial charge in [-0.3, -0.25) is 0 Å². The van der Waals surface area contributed by atoms with Gasteiger partial charge in [0.25, 0.3) is 0 Å². The van der Waals surface area contributed by atoms with E-state index in [-0.39, 0.29) is 0 Å². The predicted octanol–water partition coefficient (Wildman–Crippen LogP) is 2.80. The van der Waals surface area contributed by atoms with Gasteiger partial charge in [0, 0.05) is 17.7 Å². The molecule has 3 N–H and O–H groups in total. The van der Waals surface area contributed by atoms with Gasteiger partial charge in [0.1, 0.15) is 5.82 Å². The van der Waals surface area contributed by atoms with Crippen LogP contribution in [-0.4, -0.2) is 23.7 Å². The lowest BCUT2D eigenvalue weighted by Gasteiger charge is -2.20. The Bertz CT molecular complexity index is 639. The summed E-state index contributed by atoms with van der Waals surface area (Å²) in [6.45, 7) is 0.864. The molecule has 4 heteroatoms. The summed E-state index contributed by atoms with van der Waals surface area (Å²) in [5, 5.41) is 4.63. The number of nitrogens with zero attached hydrogens (tertiary/aromatic N) is 1. The van der Waals surface area contributed by atoms with E-state index in [9.17, 15) is 0 Å². The van der Waals surface area contributed by atoms with Crippen molar-refractivity contribution in [3.05, 3.63) is 30.3 Å². The number of nitrogen functional groups attached to an aromatic ring is 1. The molecule has 2 aromatic rings. The highest BCUT2D eigenvalue weighted by Crippen LogP contribution is 2.39. The first kappa shape index (κ1) is 12.0. The lowest BCUT2D eigenvalue weighted by molar-refractivity contribution is 0.0898. The molecule has 1 saturated carbocycles. The Morgan fingerprint density at radius 3 is 2.90 bits per heavy atom. The van der Waals surface area contributed by atoms with Crippen LogP contribution in [0, 0.1) is 5.92 Å². The second-order valence-corrected chi connectivity index (χ2v) is 5.86. The molecule has 1 aliphatic heterocycles. The van der Waals surface area contributed by atoms with Gasteiger partial charge < -0.3 is 15.8 Å². The third-order valence-electron chi connectivity index (χ3n) is 4.27. The SMILES string of the molecule is Nc1ccc2nc(NC3CCOC3C3CC3)ccc2c1. The molecule has 20 heavy (non-hydrogen) atoms. The van der Waals surface area contributed by atoms with Crippen molar-refractivity contribution < 1.29 is 4.74 Å². The molecule has 1 saturated heterocycles. The zero-order valence-corrected chi connectivity index (χ0v) is 11.4. The molecule has 4 rings (SSSR count). The van der Waals surface area contributed by atoms with Crippen molar-refractivity contribution in [3.8, 4) is 0 Å². The number of aromatic nitrogens is 1. The number of ether oxygens (including phenoxy) is 1. The fourth-order valence-electron chi connectivity index (χ4n) is 3.07. The van der Waals surface area contributed by atoms with Crippen molar-refractivity contribution in [2.75, 3.05) is 17.7 Å². The third-order valence-corrected chi connectivity index (χ3v) is 4.27. The van der Waals surface area contributed by atoms with Crippen molar-refractivity contribution in [2.45, 2.75) is 31.4 Å². The maximum atomic E-state index is 5.86. The van der Waals surface area contributed by atoms with Crippen LogP contribution >= 0.6 is 0 Å². The average molecular weight is 269 g/mol. The monoisotopic (exact) mass is 269 g/mol. The van der Waals surface area contributed by atoms with Crippen molar-refractivity contribution in [3.63, 3.8) is 0 Å². The van der Waals surface area contributed by atoms with Crippen LogP contribution < -0.4 is 11.1 Å². The number of hydrogen-bond acceptors (Lipinski definition) is 4. The summed E-state index contributed by atoms with van der Waals surface area (Å²) in [7, 11) is 0.